The molecule has 0 aromatic heterocycles. The Balaban J connectivity index is 2.34. The van der Waals surface area contributed by atoms with Gasteiger partial charge in [-0.15, -0.1) is 18.1 Å². The lowest BCUT2D eigenvalue weighted by molar-refractivity contribution is -0.452. The van der Waals surface area contributed by atoms with Crippen molar-refractivity contribution in [3.63, 3.8) is 0 Å². The molecule has 3 nitrogen and oxygen atoms in total. The molecule has 7 heteroatoms. The first-order valence-corrected chi connectivity index (χ1v) is 4.10. The largest absolute Gasteiger partial charge is 0.548 e. The highest BCUT2D eigenvalue weighted by Crippen LogP contribution is 2.17. The maximum atomic E-state index is 11.5. The van der Waals surface area contributed by atoms with Crippen LogP contribution in [-0.4, -0.2) is 18.5 Å². The van der Waals surface area contributed by atoms with Crippen molar-refractivity contribution in [2.24, 2.45) is 0 Å². The van der Waals surface area contributed by atoms with Gasteiger partial charge in [-0.2, -0.15) is 0 Å². The summed E-state index contributed by atoms with van der Waals surface area (Å²) < 4.78 is 34.5. The van der Waals surface area contributed by atoms with E-state index in [4.69, 9.17) is 5.02 Å². The van der Waals surface area contributed by atoms with Gasteiger partial charge < -0.3 is 5.02 Å². The fraction of sp³-hybridized carbons (Fsp3) is 0.250. The minimum absolute atomic E-state index is 0.0725. The zero-order chi connectivity index (χ0) is 11.3. The standard InChI is InChI=1S/C8H8BF3O3/c10-8(11,12)14-15-9(13)6-7-4-2-1-3-5-7/h1-5,13H,6H2. The molecule has 0 radical (unpaired) electrons. The minimum atomic E-state index is -4.91. The van der Waals surface area contributed by atoms with Gasteiger partial charge in [0, 0.05) is 6.32 Å². The number of alkyl halides is 3. The van der Waals surface area contributed by atoms with E-state index in [1.807, 2.05) is 0 Å². The van der Waals surface area contributed by atoms with Crippen molar-refractivity contribution in [3.05, 3.63) is 35.9 Å². The van der Waals surface area contributed by atoms with Crippen molar-refractivity contribution in [1.29, 1.82) is 0 Å². The first kappa shape index (κ1) is 12.0. The predicted molar refractivity (Wildman–Crippen MR) is 46.3 cm³/mol. The van der Waals surface area contributed by atoms with E-state index in [-0.39, 0.29) is 6.32 Å². The highest BCUT2D eigenvalue weighted by atomic mass is 19.4. The molecule has 82 valence electrons. The molecule has 1 N–H and O–H groups in total. The molecule has 0 atom stereocenters. The molecule has 0 amide bonds. The van der Waals surface area contributed by atoms with Gasteiger partial charge in [0.15, 0.2) is 0 Å². The summed E-state index contributed by atoms with van der Waals surface area (Å²) in [6, 6.07) is 8.46. The molecule has 0 aliphatic rings. The zero-order valence-corrected chi connectivity index (χ0v) is 7.57. The van der Waals surface area contributed by atoms with Crippen LogP contribution in [0.5, 0.6) is 0 Å². The molecule has 0 fully saturated rings. The van der Waals surface area contributed by atoms with E-state index in [2.05, 4.69) is 9.69 Å². The highest BCUT2D eigenvalue weighted by Gasteiger charge is 2.33. The maximum Gasteiger partial charge on any atom is 0.548 e. The van der Waals surface area contributed by atoms with E-state index in [1.54, 1.807) is 30.3 Å². The second kappa shape index (κ2) is 5.15. The third kappa shape index (κ3) is 5.41. The van der Waals surface area contributed by atoms with E-state index in [0.29, 0.717) is 5.56 Å². The Kier molecular flexibility index (Phi) is 4.13. The van der Waals surface area contributed by atoms with E-state index in [0.717, 1.165) is 0 Å². The molecule has 0 bridgehead atoms. The molecule has 1 rings (SSSR count). The van der Waals surface area contributed by atoms with Crippen LogP contribution in [0.1, 0.15) is 5.56 Å². The third-order valence-corrected chi connectivity index (χ3v) is 1.51. The van der Waals surface area contributed by atoms with Crippen LogP contribution in [0.25, 0.3) is 0 Å². The topological polar surface area (TPSA) is 38.7 Å². The summed E-state index contributed by atoms with van der Waals surface area (Å²) in [4.78, 5) is 6.75. The Bertz CT molecular complexity index is 291. The lowest BCUT2D eigenvalue weighted by atomic mass is 9.82. The van der Waals surface area contributed by atoms with Crippen LogP contribution < -0.4 is 0 Å². The average Bonchev–Trinajstić information content (AvgIpc) is 2.15. The fourth-order valence-electron chi connectivity index (χ4n) is 0.960. The van der Waals surface area contributed by atoms with Crippen molar-refractivity contribution >= 4 is 7.12 Å². The maximum absolute atomic E-state index is 11.5. The zero-order valence-electron chi connectivity index (χ0n) is 7.57. The van der Waals surface area contributed by atoms with Gasteiger partial charge in [0.25, 0.3) is 0 Å². The normalized spacial score (nSPS) is 11.5. The Hall–Kier alpha value is -1.05. The second-order valence-corrected chi connectivity index (χ2v) is 2.77. The van der Waals surface area contributed by atoms with Crippen molar-refractivity contribution in [3.8, 4) is 0 Å². The Morgan fingerprint density at radius 3 is 2.33 bits per heavy atom. The SMILES string of the molecule is OB(Cc1ccccc1)OOC(F)(F)F. The smallest absolute Gasteiger partial charge is 0.425 e. The van der Waals surface area contributed by atoms with Gasteiger partial charge in [0.05, 0.1) is 0 Å². The number of hydrogen-bond donors (Lipinski definition) is 1. The van der Waals surface area contributed by atoms with Crippen LogP contribution in [0.4, 0.5) is 13.2 Å². The van der Waals surface area contributed by atoms with Crippen LogP contribution in [0.3, 0.4) is 0 Å². The molecule has 0 spiro atoms. The summed E-state index contributed by atoms with van der Waals surface area (Å²) in [5.41, 5.74) is 0.649. The van der Waals surface area contributed by atoms with Crippen LogP contribution in [0.15, 0.2) is 30.3 Å². The van der Waals surface area contributed by atoms with Crippen LogP contribution in [0, 0.1) is 0 Å². The third-order valence-electron chi connectivity index (χ3n) is 1.51. The molecule has 15 heavy (non-hydrogen) atoms. The van der Waals surface area contributed by atoms with E-state index < -0.39 is 13.5 Å². The Morgan fingerprint density at radius 2 is 1.80 bits per heavy atom. The van der Waals surface area contributed by atoms with E-state index >= 15 is 0 Å². The molecule has 0 aliphatic carbocycles. The summed E-state index contributed by atoms with van der Waals surface area (Å²) in [7, 11) is -1.64. The average molecular weight is 220 g/mol. The van der Waals surface area contributed by atoms with Gasteiger partial charge in [-0.1, -0.05) is 30.3 Å². The van der Waals surface area contributed by atoms with Gasteiger partial charge >= 0.3 is 13.5 Å². The first-order chi connectivity index (χ1) is 6.97. The van der Waals surface area contributed by atoms with Gasteiger partial charge in [-0.3, -0.25) is 4.81 Å². The summed E-state index contributed by atoms with van der Waals surface area (Å²) in [6.45, 7) is 0. The number of benzene rings is 1. The van der Waals surface area contributed by atoms with E-state index in [1.165, 1.54) is 0 Å². The molecule has 0 saturated carbocycles. The van der Waals surface area contributed by atoms with Gasteiger partial charge in [-0.25, -0.2) is 0 Å². The lowest BCUT2D eigenvalue weighted by Gasteiger charge is -2.09. The van der Waals surface area contributed by atoms with Crippen molar-refractivity contribution in [1.82, 2.24) is 0 Å². The molecule has 0 saturated heterocycles. The molecule has 0 heterocycles. The summed E-state index contributed by atoms with van der Waals surface area (Å²) in [5.74, 6) is 0. The molecule has 0 unspecified atom stereocenters. The summed E-state index contributed by atoms with van der Waals surface area (Å²) in [5, 5.41) is 9.02. The molecule has 1 aromatic carbocycles. The number of rotatable bonds is 4. The minimum Gasteiger partial charge on any atom is -0.425 e. The monoisotopic (exact) mass is 220 g/mol. The van der Waals surface area contributed by atoms with E-state index in [9.17, 15) is 13.2 Å². The van der Waals surface area contributed by atoms with Crippen molar-refractivity contribution in [2.75, 3.05) is 0 Å². The number of halogens is 3. The lowest BCUT2D eigenvalue weighted by Crippen LogP contribution is -2.26. The van der Waals surface area contributed by atoms with Crippen LogP contribution in [0.2, 0.25) is 0 Å². The molecular formula is C8H8BF3O3. The Morgan fingerprint density at radius 1 is 1.20 bits per heavy atom. The fourth-order valence-corrected chi connectivity index (χ4v) is 0.960. The molecule has 1 aromatic rings. The van der Waals surface area contributed by atoms with Gasteiger partial charge in [0.1, 0.15) is 0 Å². The first-order valence-electron chi connectivity index (χ1n) is 4.10. The Labute approximate surface area is 84.5 Å². The van der Waals surface area contributed by atoms with Crippen molar-refractivity contribution in [2.45, 2.75) is 12.7 Å². The van der Waals surface area contributed by atoms with Gasteiger partial charge in [-0.05, 0) is 5.56 Å². The van der Waals surface area contributed by atoms with Crippen molar-refractivity contribution < 1.29 is 27.9 Å². The second-order valence-electron chi connectivity index (χ2n) is 2.77. The molecule has 0 aliphatic heterocycles. The van der Waals surface area contributed by atoms with Crippen LogP contribution >= 0.6 is 0 Å². The molecular weight excluding hydrogens is 212 g/mol. The highest BCUT2D eigenvalue weighted by molar-refractivity contribution is 6.41. The quantitative estimate of drug-likeness (QED) is 0.476. The summed E-state index contributed by atoms with van der Waals surface area (Å²) in [6.07, 6.45) is -4.98. The number of hydrogen-bond acceptors (Lipinski definition) is 3. The van der Waals surface area contributed by atoms with Crippen LogP contribution in [-0.2, 0) is 16.0 Å². The summed E-state index contributed by atoms with van der Waals surface area (Å²) >= 11 is 0. The van der Waals surface area contributed by atoms with Gasteiger partial charge in [0.2, 0.25) is 0 Å². The predicted octanol–water partition coefficient (Wildman–Crippen LogP) is 1.72.